The molecule has 0 bridgehead atoms. The Morgan fingerprint density at radius 2 is 1.73 bits per heavy atom. The molecule has 1 fully saturated rings. The van der Waals surface area contributed by atoms with Gasteiger partial charge in [0.15, 0.2) is 6.54 Å². The number of benzene rings is 2. The average Bonchev–Trinajstić information content (AvgIpc) is 2.68. The van der Waals surface area contributed by atoms with Crippen LogP contribution in [0.4, 0.5) is 11.4 Å². The van der Waals surface area contributed by atoms with Crippen LogP contribution in [0.5, 0.6) is 0 Å². The SMILES string of the molecule is C[C@@H]([NH2+]CC(=O)Nc1ccc(N2CCCCC2)cc1)c1ccc(Cl)cc1. The highest BCUT2D eigenvalue weighted by Crippen LogP contribution is 2.21. The minimum atomic E-state index is 0.0107. The first kappa shape index (κ1) is 18.7. The summed E-state index contributed by atoms with van der Waals surface area (Å²) < 4.78 is 0. The van der Waals surface area contributed by atoms with Crippen molar-refractivity contribution >= 4 is 28.9 Å². The molecule has 2 aromatic carbocycles. The minimum Gasteiger partial charge on any atom is -0.372 e. The van der Waals surface area contributed by atoms with Gasteiger partial charge in [0.25, 0.3) is 5.91 Å². The van der Waals surface area contributed by atoms with Crippen molar-refractivity contribution in [1.29, 1.82) is 0 Å². The number of carbonyl (C=O) groups excluding carboxylic acids is 1. The van der Waals surface area contributed by atoms with Gasteiger partial charge in [-0.15, -0.1) is 0 Å². The number of hydrogen-bond acceptors (Lipinski definition) is 2. The van der Waals surface area contributed by atoms with Crippen molar-refractivity contribution in [1.82, 2.24) is 0 Å². The van der Waals surface area contributed by atoms with Crippen LogP contribution in [0, 0.1) is 0 Å². The Morgan fingerprint density at radius 3 is 2.38 bits per heavy atom. The number of piperidine rings is 1. The summed E-state index contributed by atoms with van der Waals surface area (Å²) in [6, 6.07) is 16.1. The van der Waals surface area contributed by atoms with Crippen molar-refractivity contribution in [2.75, 3.05) is 29.9 Å². The summed E-state index contributed by atoms with van der Waals surface area (Å²) in [5, 5.41) is 5.74. The second kappa shape index (κ2) is 9.06. The van der Waals surface area contributed by atoms with Crippen molar-refractivity contribution < 1.29 is 10.1 Å². The first-order valence-electron chi connectivity index (χ1n) is 9.35. The molecule has 0 aromatic heterocycles. The topological polar surface area (TPSA) is 49.0 Å². The highest BCUT2D eigenvalue weighted by atomic mass is 35.5. The monoisotopic (exact) mass is 372 g/mol. The number of quaternary nitrogens is 1. The Morgan fingerprint density at radius 1 is 1.08 bits per heavy atom. The molecule has 26 heavy (non-hydrogen) atoms. The number of hydrogen-bond donors (Lipinski definition) is 2. The largest absolute Gasteiger partial charge is 0.372 e. The Balaban J connectivity index is 1.47. The second-order valence-electron chi connectivity index (χ2n) is 6.92. The predicted octanol–water partition coefficient (Wildman–Crippen LogP) is 3.59. The lowest BCUT2D eigenvalue weighted by Crippen LogP contribution is -2.86. The Kier molecular flexibility index (Phi) is 6.53. The Bertz CT molecular complexity index is 709. The standard InChI is InChI=1S/C21H26ClN3O/c1-16(17-5-7-18(22)8-6-17)23-15-21(26)24-19-9-11-20(12-10-19)25-13-3-2-4-14-25/h5-12,16,23H,2-4,13-15H2,1H3,(H,24,26)/p+1/t16-/m1/s1. The highest BCUT2D eigenvalue weighted by Gasteiger charge is 2.13. The van der Waals surface area contributed by atoms with Gasteiger partial charge in [-0.05, 0) is 62.6 Å². The van der Waals surface area contributed by atoms with Gasteiger partial charge in [0, 0.05) is 35.1 Å². The molecule has 0 spiro atoms. The van der Waals surface area contributed by atoms with Crippen molar-refractivity contribution in [2.45, 2.75) is 32.2 Å². The molecule has 4 nitrogen and oxygen atoms in total. The van der Waals surface area contributed by atoms with Crippen LogP contribution in [0.25, 0.3) is 0 Å². The number of carbonyl (C=O) groups is 1. The molecule has 0 saturated carbocycles. The molecule has 1 aliphatic rings. The molecule has 0 aliphatic carbocycles. The zero-order chi connectivity index (χ0) is 18.4. The molecule has 1 heterocycles. The summed E-state index contributed by atoms with van der Waals surface area (Å²) >= 11 is 5.92. The number of anilines is 2. The molecule has 1 amide bonds. The molecule has 2 aromatic rings. The van der Waals surface area contributed by atoms with Crippen LogP contribution in [-0.4, -0.2) is 25.5 Å². The van der Waals surface area contributed by atoms with Gasteiger partial charge >= 0.3 is 0 Å². The minimum absolute atomic E-state index is 0.0107. The maximum Gasteiger partial charge on any atom is 0.279 e. The number of amides is 1. The lowest BCUT2D eigenvalue weighted by Gasteiger charge is -2.28. The van der Waals surface area contributed by atoms with Gasteiger partial charge < -0.3 is 15.5 Å². The van der Waals surface area contributed by atoms with E-state index in [2.05, 4.69) is 29.3 Å². The van der Waals surface area contributed by atoms with Crippen molar-refractivity contribution in [2.24, 2.45) is 0 Å². The van der Waals surface area contributed by atoms with E-state index in [9.17, 15) is 4.79 Å². The molecule has 5 heteroatoms. The fourth-order valence-electron chi connectivity index (χ4n) is 3.31. The van der Waals surface area contributed by atoms with Gasteiger partial charge in [0.05, 0.1) is 0 Å². The van der Waals surface area contributed by atoms with Gasteiger partial charge in [-0.25, -0.2) is 0 Å². The van der Waals surface area contributed by atoms with E-state index in [1.54, 1.807) is 0 Å². The number of halogens is 1. The molecule has 3 rings (SSSR count). The highest BCUT2D eigenvalue weighted by molar-refractivity contribution is 6.30. The predicted molar refractivity (Wildman–Crippen MR) is 108 cm³/mol. The Hall–Kier alpha value is -2.04. The van der Waals surface area contributed by atoms with Gasteiger partial charge in [-0.1, -0.05) is 23.7 Å². The Labute approximate surface area is 160 Å². The fraction of sp³-hybridized carbons (Fsp3) is 0.381. The third kappa shape index (κ3) is 5.23. The number of rotatable bonds is 6. The van der Waals surface area contributed by atoms with E-state index in [0.29, 0.717) is 6.54 Å². The van der Waals surface area contributed by atoms with Gasteiger partial charge in [-0.2, -0.15) is 0 Å². The zero-order valence-electron chi connectivity index (χ0n) is 15.2. The van der Waals surface area contributed by atoms with Gasteiger partial charge in [0.2, 0.25) is 0 Å². The molecular formula is C21H27ClN3O+. The van der Waals surface area contributed by atoms with Crippen LogP contribution in [0.2, 0.25) is 5.02 Å². The van der Waals surface area contributed by atoms with E-state index in [1.165, 1.54) is 24.9 Å². The van der Waals surface area contributed by atoms with E-state index in [-0.39, 0.29) is 11.9 Å². The number of nitrogens with one attached hydrogen (secondary N) is 1. The molecule has 0 radical (unpaired) electrons. The average molecular weight is 373 g/mol. The molecule has 3 N–H and O–H groups in total. The summed E-state index contributed by atoms with van der Waals surface area (Å²) in [5.41, 5.74) is 3.25. The zero-order valence-corrected chi connectivity index (χ0v) is 16.0. The van der Waals surface area contributed by atoms with E-state index < -0.39 is 0 Å². The molecule has 0 unspecified atom stereocenters. The quantitative estimate of drug-likeness (QED) is 0.814. The normalized spacial score (nSPS) is 15.5. The maximum absolute atomic E-state index is 12.2. The van der Waals surface area contributed by atoms with Crippen LogP contribution >= 0.6 is 11.6 Å². The maximum atomic E-state index is 12.2. The van der Waals surface area contributed by atoms with Crippen molar-refractivity contribution in [3.8, 4) is 0 Å². The van der Waals surface area contributed by atoms with E-state index >= 15 is 0 Å². The molecular weight excluding hydrogens is 346 g/mol. The first-order valence-corrected chi connectivity index (χ1v) is 9.73. The summed E-state index contributed by atoms with van der Waals surface area (Å²) in [5.74, 6) is 0.0107. The molecule has 1 aliphatic heterocycles. The lowest BCUT2D eigenvalue weighted by molar-refractivity contribution is -0.682. The third-order valence-electron chi connectivity index (χ3n) is 4.92. The van der Waals surface area contributed by atoms with E-state index in [1.807, 2.05) is 41.7 Å². The van der Waals surface area contributed by atoms with Crippen LogP contribution in [0.1, 0.15) is 37.8 Å². The second-order valence-corrected chi connectivity index (χ2v) is 7.36. The first-order chi connectivity index (χ1) is 12.6. The van der Waals surface area contributed by atoms with Crippen LogP contribution in [-0.2, 0) is 4.79 Å². The van der Waals surface area contributed by atoms with Crippen molar-refractivity contribution in [3.05, 3.63) is 59.1 Å². The van der Waals surface area contributed by atoms with E-state index in [4.69, 9.17) is 11.6 Å². The lowest BCUT2D eigenvalue weighted by atomic mass is 10.1. The molecule has 1 atom stereocenters. The number of nitrogens with zero attached hydrogens (tertiary/aromatic N) is 1. The molecule has 1 saturated heterocycles. The summed E-state index contributed by atoms with van der Waals surface area (Å²) in [7, 11) is 0. The third-order valence-corrected chi connectivity index (χ3v) is 5.18. The van der Waals surface area contributed by atoms with E-state index in [0.717, 1.165) is 29.4 Å². The summed E-state index contributed by atoms with van der Waals surface area (Å²) in [6.07, 6.45) is 3.86. The fourth-order valence-corrected chi connectivity index (χ4v) is 3.43. The van der Waals surface area contributed by atoms with Crippen LogP contribution < -0.4 is 15.5 Å². The van der Waals surface area contributed by atoms with Gasteiger partial charge in [0.1, 0.15) is 6.04 Å². The van der Waals surface area contributed by atoms with Crippen LogP contribution in [0.3, 0.4) is 0 Å². The van der Waals surface area contributed by atoms with Crippen molar-refractivity contribution in [3.63, 3.8) is 0 Å². The molecule has 138 valence electrons. The number of nitrogens with two attached hydrogens (primary N) is 1. The smallest absolute Gasteiger partial charge is 0.279 e. The summed E-state index contributed by atoms with van der Waals surface area (Å²) in [6.45, 7) is 4.73. The summed E-state index contributed by atoms with van der Waals surface area (Å²) in [4.78, 5) is 14.6. The van der Waals surface area contributed by atoms with Gasteiger partial charge in [-0.3, -0.25) is 4.79 Å². The van der Waals surface area contributed by atoms with Crippen LogP contribution in [0.15, 0.2) is 48.5 Å².